The normalized spacial score (nSPS) is 15.9. The molecule has 2 aliphatic rings. The molecule has 9 nitrogen and oxygen atoms in total. The zero-order chi connectivity index (χ0) is 33.5. The average molecular weight is 647 g/mol. The lowest BCUT2D eigenvalue weighted by molar-refractivity contribution is -0.122. The van der Waals surface area contributed by atoms with Gasteiger partial charge in [-0.25, -0.2) is 0 Å². The Bertz CT molecular complexity index is 1770. The largest absolute Gasteiger partial charge is 0.355 e. The van der Waals surface area contributed by atoms with Gasteiger partial charge in [0.2, 0.25) is 17.7 Å². The Morgan fingerprint density at radius 1 is 0.854 bits per heavy atom. The molecule has 2 aliphatic carbocycles. The highest BCUT2D eigenvalue weighted by molar-refractivity contribution is 6.06. The van der Waals surface area contributed by atoms with E-state index in [0.29, 0.717) is 43.1 Å². The predicted molar refractivity (Wildman–Crippen MR) is 187 cm³/mol. The number of carbonyl (C=O) groups excluding carboxylic acids is 4. The van der Waals surface area contributed by atoms with Crippen LogP contribution in [0.2, 0.25) is 0 Å². The predicted octanol–water partition coefficient (Wildman–Crippen LogP) is 6.09. The van der Waals surface area contributed by atoms with Crippen molar-refractivity contribution in [1.29, 1.82) is 0 Å². The quantitative estimate of drug-likeness (QED) is 0.147. The molecule has 6 rings (SSSR count). The number of fused-ring (bicyclic) bond motifs is 1. The van der Waals surface area contributed by atoms with Crippen LogP contribution in [-0.2, 0) is 20.9 Å². The van der Waals surface area contributed by atoms with E-state index >= 15 is 0 Å². The van der Waals surface area contributed by atoms with Gasteiger partial charge in [0.05, 0.1) is 11.2 Å². The van der Waals surface area contributed by atoms with E-state index in [4.69, 9.17) is 0 Å². The maximum absolute atomic E-state index is 14.0. The van der Waals surface area contributed by atoms with Crippen LogP contribution in [0.25, 0.3) is 22.2 Å². The van der Waals surface area contributed by atoms with E-state index in [1.54, 1.807) is 12.1 Å². The van der Waals surface area contributed by atoms with Gasteiger partial charge < -0.3 is 25.8 Å². The SMILES string of the molecule is CC(=O)NCCNC(=O)Cn1c(-c2ccccc2)c(C2CCCCC2)c2ccc(C(=O)NC3(C(=O)Nc4[c]cccc4)CCCC3)cc21. The first kappa shape index (κ1) is 33.0. The van der Waals surface area contributed by atoms with Crippen LogP contribution < -0.4 is 21.3 Å². The number of rotatable bonds is 11. The minimum absolute atomic E-state index is 0.0541. The van der Waals surface area contributed by atoms with Gasteiger partial charge in [-0.3, -0.25) is 19.2 Å². The molecule has 1 heterocycles. The third-order valence-corrected chi connectivity index (χ3v) is 9.75. The van der Waals surface area contributed by atoms with Crippen molar-refractivity contribution in [3.8, 4) is 11.3 Å². The molecule has 4 amide bonds. The minimum Gasteiger partial charge on any atom is -0.355 e. The number of nitrogens with zero attached hydrogens (tertiary/aromatic N) is 1. The first-order valence-corrected chi connectivity index (χ1v) is 17.2. The Hall–Kier alpha value is -4.92. The Labute approximate surface area is 281 Å². The highest BCUT2D eigenvalue weighted by atomic mass is 16.2. The Balaban J connectivity index is 1.38. The van der Waals surface area contributed by atoms with Gasteiger partial charge in [0.1, 0.15) is 12.1 Å². The second-order valence-electron chi connectivity index (χ2n) is 13.1. The summed E-state index contributed by atoms with van der Waals surface area (Å²) in [4.78, 5) is 52.4. The number of anilines is 1. The summed E-state index contributed by atoms with van der Waals surface area (Å²) in [5.41, 5.74) is 4.04. The van der Waals surface area contributed by atoms with Gasteiger partial charge in [-0.2, -0.15) is 0 Å². The molecule has 1 radical (unpaired) electrons. The van der Waals surface area contributed by atoms with Crippen LogP contribution >= 0.6 is 0 Å². The number of amides is 4. The van der Waals surface area contributed by atoms with Gasteiger partial charge >= 0.3 is 0 Å². The zero-order valence-electron chi connectivity index (χ0n) is 27.6. The van der Waals surface area contributed by atoms with Crippen molar-refractivity contribution in [3.63, 3.8) is 0 Å². The minimum atomic E-state index is -1.02. The van der Waals surface area contributed by atoms with E-state index < -0.39 is 5.54 Å². The lowest BCUT2D eigenvalue weighted by Gasteiger charge is -2.29. The van der Waals surface area contributed by atoms with Crippen LogP contribution in [0.1, 0.15) is 86.6 Å². The zero-order valence-corrected chi connectivity index (χ0v) is 27.6. The maximum atomic E-state index is 14.0. The van der Waals surface area contributed by atoms with Gasteiger partial charge in [0.25, 0.3) is 5.91 Å². The van der Waals surface area contributed by atoms with Crippen molar-refractivity contribution in [2.45, 2.75) is 82.7 Å². The van der Waals surface area contributed by atoms with Crippen molar-refractivity contribution < 1.29 is 19.2 Å². The van der Waals surface area contributed by atoms with Crippen LogP contribution in [0.4, 0.5) is 5.69 Å². The van der Waals surface area contributed by atoms with Crippen LogP contribution in [0.15, 0.2) is 72.8 Å². The summed E-state index contributed by atoms with van der Waals surface area (Å²) in [7, 11) is 0. The third kappa shape index (κ3) is 7.30. The number of para-hydroxylation sites is 1. The average Bonchev–Trinajstić information content (AvgIpc) is 3.71. The number of carbonyl (C=O) groups is 4. The van der Waals surface area contributed by atoms with Gasteiger partial charge in [-0.05, 0) is 60.9 Å². The van der Waals surface area contributed by atoms with E-state index in [-0.39, 0.29) is 30.2 Å². The fourth-order valence-corrected chi connectivity index (χ4v) is 7.42. The topological polar surface area (TPSA) is 121 Å². The molecule has 0 aliphatic heterocycles. The fraction of sp³-hybridized carbons (Fsp3) is 0.385. The molecule has 249 valence electrons. The van der Waals surface area contributed by atoms with Crippen molar-refractivity contribution in [3.05, 3.63) is 90.0 Å². The molecule has 2 saturated carbocycles. The Morgan fingerprint density at radius 2 is 1.58 bits per heavy atom. The summed E-state index contributed by atoms with van der Waals surface area (Å²) in [6.07, 6.45) is 8.46. The molecule has 4 N–H and O–H groups in total. The molecule has 1 aromatic heterocycles. The summed E-state index contributed by atoms with van der Waals surface area (Å²) in [5, 5.41) is 12.8. The number of nitrogens with one attached hydrogen (secondary N) is 4. The lowest BCUT2D eigenvalue weighted by atomic mass is 9.81. The molecule has 0 spiro atoms. The molecule has 0 unspecified atom stereocenters. The molecule has 0 saturated heterocycles. The van der Waals surface area contributed by atoms with E-state index in [1.807, 2.05) is 53.1 Å². The summed E-state index contributed by atoms with van der Waals surface area (Å²) in [6.45, 7) is 2.16. The van der Waals surface area contributed by atoms with E-state index in [9.17, 15) is 19.2 Å². The highest BCUT2D eigenvalue weighted by Gasteiger charge is 2.43. The summed E-state index contributed by atoms with van der Waals surface area (Å²) >= 11 is 0. The smallest absolute Gasteiger partial charge is 0.252 e. The van der Waals surface area contributed by atoms with Crippen molar-refractivity contribution >= 4 is 40.2 Å². The maximum Gasteiger partial charge on any atom is 0.252 e. The van der Waals surface area contributed by atoms with Crippen LogP contribution in [-0.4, -0.2) is 46.8 Å². The molecule has 0 bridgehead atoms. The van der Waals surface area contributed by atoms with Gasteiger partial charge in [0.15, 0.2) is 0 Å². The molecule has 2 fully saturated rings. The molecular formula is C39H44N5O4. The number of benzene rings is 3. The van der Waals surface area contributed by atoms with E-state index in [2.05, 4.69) is 39.5 Å². The summed E-state index contributed by atoms with van der Waals surface area (Å²) in [5.74, 6) is -0.550. The van der Waals surface area contributed by atoms with Crippen LogP contribution in [0, 0.1) is 6.07 Å². The molecule has 3 aromatic carbocycles. The number of aromatic nitrogens is 1. The molecule has 9 heteroatoms. The van der Waals surface area contributed by atoms with Gasteiger partial charge in [0, 0.05) is 42.7 Å². The van der Waals surface area contributed by atoms with Gasteiger partial charge in [-0.1, -0.05) is 86.7 Å². The second kappa shape index (κ2) is 14.9. The molecule has 0 atom stereocenters. The monoisotopic (exact) mass is 646 g/mol. The van der Waals surface area contributed by atoms with E-state index in [1.165, 1.54) is 18.9 Å². The lowest BCUT2D eigenvalue weighted by Crippen LogP contribution is -2.55. The van der Waals surface area contributed by atoms with Crippen molar-refractivity contribution in [2.24, 2.45) is 0 Å². The van der Waals surface area contributed by atoms with E-state index in [0.717, 1.165) is 60.7 Å². The Morgan fingerprint density at radius 3 is 2.29 bits per heavy atom. The molecule has 4 aromatic rings. The molecular weight excluding hydrogens is 602 g/mol. The van der Waals surface area contributed by atoms with Crippen LogP contribution in [0.5, 0.6) is 0 Å². The fourth-order valence-electron chi connectivity index (χ4n) is 7.42. The molecule has 48 heavy (non-hydrogen) atoms. The first-order valence-electron chi connectivity index (χ1n) is 17.2. The third-order valence-electron chi connectivity index (χ3n) is 9.75. The van der Waals surface area contributed by atoms with Crippen molar-refractivity contribution in [2.75, 3.05) is 18.4 Å². The second-order valence-corrected chi connectivity index (χ2v) is 13.1. The standard InChI is InChI=1S/C39H44N5O4/c1-27(45)40-23-24-41-34(46)26-44-33-25-30(37(47)43-39(21-11-12-22-39)38(48)42-31-17-9-4-10-18-31)19-20-32(33)35(28-13-5-2-6-14-28)36(44)29-15-7-3-8-16-29/h3-4,7-10,15-17,19-20,25,28H,2,5-6,11-14,21-24,26H2,1H3,(H,40,45)(H,41,46)(H,42,48)(H,43,47). The number of hydrogen-bond acceptors (Lipinski definition) is 4. The number of hydrogen-bond donors (Lipinski definition) is 4. The van der Waals surface area contributed by atoms with Crippen molar-refractivity contribution in [1.82, 2.24) is 20.5 Å². The summed E-state index contributed by atoms with van der Waals surface area (Å²) < 4.78 is 2.04. The Kier molecular flexibility index (Phi) is 10.2. The van der Waals surface area contributed by atoms with Gasteiger partial charge in [-0.15, -0.1) is 0 Å². The van der Waals surface area contributed by atoms with Crippen LogP contribution in [0.3, 0.4) is 0 Å². The highest BCUT2D eigenvalue weighted by Crippen LogP contribution is 2.44. The first-order chi connectivity index (χ1) is 23.3. The summed E-state index contributed by atoms with van der Waals surface area (Å²) in [6, 6.07) is 26.1.